The summed E-state index contributed by atoms with van der Waals surface area (Å²) in [7, 11) is 0. The standard InChI is InChI=1S/C5H9Cl.Mg.2H/c6-5-3-1-2-4-5;;;/h5H,1-4H2;;;/q;+2;2*-1. The van der Waals surface area contributed by atoms with Crippen LogP contribution in [0, 0.1) is 0 Å². The van der Waals surface area contributed by atoms with E-state index in [9.17, 15) is 0 Å². The molecule has 2 heteroatoms. The normalized spacial score (nSPS) is 21.9. The minimum atomic E-state index is 0. The molecular formula is C5H11ClMg. The molecule has 1 aliphatic rings. The van der Waals surface area contributed by atoms with Crippen molar-refractivity contribution in [2.75, 3.05) is 0 Å². The number of rotatable bonds is 0. The maximum absolute atomic E-state index is 5.71. The topological polar surface area (TPSA) is 0 Å². The average Bonchev–Trinajstić information content (AvgIpc) is 1.86. The first-order chi connectivity index (χ1) is 2.89. The molecule has 7 heavy (non-hydrogen) atoms. The molecule has 0 bridgehead atoms. The van der Waals surface area contributed by atoms with Gasteiger partial charge in [-0.15, -0.1) is 11.6 Å². The zero-order valence-electron chi connectivity index (χ0n) is 6.49. The van der Waals surface area contributed by atoms with Gasteiger partial charge in [-0.3, -0.25) is 0 Å². The molecule has 1 fully saturated rings. The van der Waals surface area contributed by atoms with E-state index >= 15 is 0 Å². The molecule has 0 aromatic carbocycles. The van der Waals surface area contributed by atoms with Gasteiger partial charge in [0.05, 0.1) is 0 Å². The number of halogens is 1. The van der Waals surface area contributed by atoms with Gasteiger partial charge >= 0.3 is 23.1 Å². The van der Waals surface area contributed by atoms with Gasteiger partial charge in [-0.05, 0) is 12.8 Å². The summed E-state index contributed by atoms with van der Waals surface area (Å²) in [6.45, 7) is 0. The monoisotopic (exact) mass is 130 g/mol. The summed E-state index contributed by atoms with van der Waals surface area (Å²) in [6.07, 6.45) is 5.21. The summed E-state index contributed by atoms with van der Waals surface area (Å²) in [4.78, 5) is 0. The van der Waals surface area contributed by atoms with Crippen molar-refractivity contribution < 1.29 is 2.85 Å². The van der Waals surface area contributed by atoms with Gasteiger partial charge in [0.25, 0.3) is 0 Å². The second-order valence-corrected chi connectivity index (χ2v) is 2.50. The molecular weight excluding hydrogens is 120 g/mol. The summed E-state index contributed by atoms with van der Waals surface area (Å²) in [5.41, 5.74) is 0. The van der Waals surface area contributed by atoms with Crippen LogP contribution >= 0.6 is 11.6 Å². The van der Waals surface area contributed by atoms with E-state index in [1.165, 1.54) is 25.7 Å². The van der Waals surface area contributed by atoms with E-state index in [0.717, 1.165) is 0 Å². The summed E-state index contributed by atoms with van der Waals surface area (Å²) in [6, 6.07) is 0. The van der Waals surface area contributed by atoms with Crippen LogP contribution in [-0.2, 0) is 0 Å². The first-order valence-electron chi connectivity index (χ1n) is 2.53. The molecule has 1 aliphatic carbocycles. The third-order valence-corrected chi connectivity index (χ3v) is 1.72. The Morgan fingerprint density at radius 3 is 1.86 bits per heavy atom. The van der Waals surface area contributed by atoms with Crippen molar-refractivity contribution in [3.8, 4) is 0 Å². The van der Waals surface area contributed by atoms with Gasteiger partial charge in [0.15, 0.2) is 0 Å². The van der Waals surface area contributed by atoms with Crippen molar-refractivity contribution >= 4 is 34.7 Å². The minimum Gasteiger partial charge on any atom is -1.00 e. The average molecular weight is 131 g/mol. The maximum Gasteiger partial charge on any atom is 2.00 e. The van der Waals surface area contributed by atoms with Gasteiger partial charge in [-0.2, -0.15) is 0 Å². The SMILES string of the molecule is ClC1CCCC1.[H-].[H-].[Mg+2]. The van der Waals surface area contributed by atoms with Crippen LogP contribution in [0.3, 0.4) is 0 Å². The Bertz CT molecular complexity index is 48.2. The molecule has 0 spiro atoms. The van der Waals surface area contributed by atoms with Gasteiger partial charge in [0.1, 0.15) is 0 Å². The summed E-state index contributed by atoms with van der Waals surface area (Å²) < 4.78 is 0. The molecule has 0 atom stereocenters. The van der Waals surface area contributed by atoms with Gasteiger partial charge in [0.2, 0.25) is 0 Å². The third-order valence-electron chi connectivity index (χ3n) is 1.28. The third kappa shape index (κ3) is 2.78. The van der Waals surface area contributed by atoms with Crippen LogP contribution in [-0.4, -0.2) is 28.4 Å². The predicted molar refractivity (Wildman–Crippen MR) is 36.1 cm³/mol. The van der Waals surface area contributed by atoms with Crippen LogP contribution in [0.15, 0.2) is 0 Å². The fraction of sp³-hybridized carbons (Fsp3) is 1.00. The Balaban J connectivity index is -0.000000120. The smallest absolute Gasteiger partial charge is 1.00 e. The van der Waals surface area contributed by atoms with E-state index in [1.54, 1.807) is 0 Å². The summed E-state index contributed by atoms with van der Waals surface area (Å²) in [5.74, 6) is 0. The van der Waals surface area contributed by atoms with Crippen LogP contribution in [0.2, 0.25) is 0 Å². The summed E-state index contributed by atoms with van der Waals surface area (Å²) >= 11 is 5.71. The van der Waals surface area contributed by atoms with Crippen LogP contribution in [0.5, 0.6) is 0 Å². The van der Waals surface area contributed by atoms with Crippen molar-refractivity contribution in [2.45, 2.75) is 31.1 Å². The Hall–Kier alpha value is 1.06. The van der Waals surface area contributed by atoms with Crippen LogP contribution in [0.1, 0.15) is 28.5 Å². The molecule has 0 nitrogen and oxygen atoms in total. The van der Waals surface area contributed by atoms with E-state index in [4.69, 9.17) is 11.6 Å². The van der Waals surface area contributed by atoms with Gasteiger partial charge in [0, 0.05) is 5.38 Å². The second kappa shape index (κ2) is 3.99. The largest absolute Gasteiger partial charge is 2.00 e. The first-order valence-corrected chi connectivity index (χ1v) is 2.97. The van der Waals surface area contributed by atoms with Crippen LogP contribution < -0.4 is 0 Å². The fourth-order valence-electron chi connectivity index (χ4n) is 0.876. The molecule has 0 aliphatic heterocycles. The predicted octanol–water partition coefficient (Wildman–Crippen LogP) is 2.01. The van der Waals surface area contributed by atoms with Crippen molar-refractivity contribution in [1.82, 2.24) is 0 Å². The van der Waals surface area contributed by atoms with Gasteiger partial charge in [-0.25, -0.2) is 0 Å². The van der Waals surface area contributed by atoms with Crippen LogP contribution in [0.4, 0.5) is 0 Å². The molecule has 0 saturated heterocycles. The van der Waals surface area contributed by atoms with Crippen molar-refractivity contribution in [3.63, 3.8) is 0 Å². The zero-order valence-corrected chi connectivity index (χ0v) is 6.66. The molecule has 0 amide bonds. The molecule has 0 aromatic heterocycles. The quantitative estimate of drug-likeness (QED) is 0.348. The van der Waals surface area contributed by atoms with E-state index < -0.39 is 0 Å². The molecule has 0 N–H and O–H groups in total. The second-order valence-electron chi connectivity index (χ2n) is 1.88. The fourth-order valence-corrected chi connectivity index (χ4v) is 1.18. The maximum atomic E-state index is 5.71. The zero-order chi connectivity index (χ0) is 4.41. The van der Waals surface area contributed by atoms with Crippen molar-refractivity contribution in [2.24, 2.45) is 0 Å². The Morgan fingerprint density at radius 2 is 1.71 bits per heavy atom. The van der Waals surface area contributed by atoms with Crippen LogP contribution in [0.25, 0.3) is 0 Å². The molecule has 1 rings (SSSR count). The van der Waals surface area contributed by atoms with E-state index in [0.29, 0.717) is 5.38 Å². The van der Waals surface area contributed by atoms with Gasteiger partial charge < -0.3 is 2.85 Å². The first kappa shape index (κ1) is 8.06. The van der Waals surface area contributed by atoms with E-state index in [1.807, 2.05) is 0 Å². The Morgan fingerprint density at radius 1 is 1.29 bits per heavy atom. The molecule has 0 radical (unpaired) electrons. The Labute approximate surface area is 68.7 Å². The molecule has 0 unspecified atom stereocenters. The molecule has 0 heterocycles. The van der Waals surface area contributed by atoms with Gasteiger partial charge in [-0.1, -0.05) is 12.8 Å². The van der Waals surface area contributed by atoms with Crippen molar-refractivity contribution in [1.29, 1.82) is 0 Å². The van der Waals surface area contributed by atoms with Crippen molar-refractivity contribution in [3.05, 3.63) is 0 Å². The number of hydrogen-bond donors (Lipinski definition) is 0. The molecule has 0 aromatic rings. The molecule has 40 valence electrons. The molecule has 1 saturated carbocycles. The van der Waals surface area contributed by atoms with E-state index in [-0.39, 0.29) is 25.9 Å². The van der Waals surface area contributed by atoms with E-state index in [2.05, 4.69) is 0 Å². The number of hydrogen-bond acceptors (Lipinski definition) is 0. The Kier molecular flexibility index (Phi) is 4.59. The summed E-state index contributed by atoms with van der Waals surface area (Å²) in [5, 5.41) is 0.519. The number of alkyl halides is 1. The minimum absolute atomic E-state index is 0.